The number of fused-ring (bicyclic) bond motifs is 1. The number of hydrogen-bond acceptors (Lipinski definition) is 2. The Morgan fingerprint density at radius 3 is 2.57 bits per heavy atom. The van der Waals surface area contributed by atoms with Crippen molar-refractivity contribution in [1.82, 2.24) is 0 Å². The lowest BCUT2D eigenvalue weighted by Crippen LogP contribution is -2.49. The van der Waals surface area contributed by atoms with Crippen molar-refractivity contribution in [3.05, 3.63) is 12.2 Å². The van der Waals surface area contributed by atoms with Crippen molar-refractivity contribution in [1.29, 1.82) is 0 Å². The minimum Gasteiger partial charge on any atom is -0.303 e. The zero-order valence-corrected chi connectivity index (χ0v) is 18.7. The summed E-state index contributed by atoms with van der Waals surface area (Å²) in [5, 5.41) is 0. The molecule has 0 radical (unpaired) electrons. The van der Waals surface area contributed by atoms with Crippen molar-refractivity contribution in [2.24, 2.45) is 40.4 Å². The first-order valence-electron chi connectivity index (χ1n) is 12.0. The van der Waals surface area contributed by atoms with Gasteiger partial charge in [-0.15, -0.1) is 0 Å². The van der Waals surface area contributed by atoms with Crippen LogP contribution in [0.2, 0.25) is 0 Å². The summed E-state index contributed by atoms with van der Waals surface area (Å²) in [5.74, 6) is 3.34. The highest BCUT2D eigenvalue weighted by atomic mass is 16.1. The molecule has 2 saturated carbocycles. The van der Waals surface area contributed by atoms with E-state index in [1.54, 1.807) is 0 Å². The Balaban J connectivity index is 1.74. The van der Waals surface area contributed by atoms with Gasteiger partial charge in [0.05, 0.1) is 0 Å². The quantitative estimate of drug-likeness (QED) is 0.340. The van der Waals surface area contributed by atoms with Crippen molar-refractivity contribution < 1.29 is 9.59 Å². The molecule has 2 nitrogen and oxygen atoms in total. The van der Waals surface area contributed by atoms with Gasteiger partial charge in [0.2, 0.25) is 0 Å². The summed E-state index contributed by atoms with van der Waals surface area (Å²) >= 11 is 0. The number of aldehydes is 1. The van der Waals surface area contributed by atoms with E-state index in [9.17, 15) is 9.59 Å². The number of hydrogen-bond donors (Lipinski definition) is 0. The lowest BCUT2D eigenvalue weighted by Gasteiger charge is -2.53. The molecule has 3 aliphatic rings. The normalized spacial score (nSPS) is 40.7. The zero-order chi connectivity index (χ0) is 20.4. The molecule has 3 aliphatic carbocycles. The van der Waals surface area contributed by atoms with E-state index in [1.807, 2.05) is 12.2 Å². The largest absolute Gasteiger partial charge is 0.303 e. The Kier molecular flexibility index (Phi) is 6.88. The maximum atomic E-state index is 12.9. The third kappa shape index (κ3) is 4.03. The van der Waals surface area contributed by atoms with E-state index >= 15 is 0 Å². The van der Waals surface area contributed by atoms with E-state index in [0.717, 1.165) is 37.4 Å². The molecule has 6 atom stereocenters. The van der Waals surface area contributed by atoms with Gasteiger partial charge >= 0.3 is 0 Å². The Bertz CT molecular complexity index is 591. The van der Waals surface area contributed by atoms with Gasteiger partial charge in [-0.05, 0) is 86.0 Å². The highest BCUT2D eigenvalue weighted by molar-refractivity contribution is 5.95. The molecule has 3 rings (SSSR count). The summed E-state index contributed by atoms with van der Waals surface area (Å²) in [6.45, 7) is 9.36. The molecule has 4 unspecified atom stereocenters. The minimum atomic E-state index is -0.251. The summed E-state index contributed by atoms with van der Waals surface area (Å²) in [4.78, 5) is 24.5. The van der Waals surface area contributed by atoms with E-state index < -0.39 is 0 Å². The fourth-order valence-corrected chi connectivity index (χ4v) is 7.30. The molecule has 2 heteroatoms. The number of unbranched alkanes of at least 4 members (excludes halogenated alkanes) is 1. The van der Waals surface area contributed by atoms with E-state index in [2.05, 4.69) is 27.7 Å². The highest BCUT2D eigenvalue weighted by Crippen LogP contribution is 2.63. The molecule has 28 heavy (non-hydrogen) atoms. The first kappa shape index (κ1) is 21.8. The third-order valence-electron chi connectivity index (χ3n) is 9.07. The summed E-state index contributed by atoms with van der Waals surface area (Å²) in [6.07, 6.45) is 18.0. The fraction of sp³-hybridized carbons (Fsp3) is 0.846. The first-order chi connectivity index (χ1) is 13.3. The summed E-state index contributed by atoms with van der Waals surface area (Å²) in [7, 11) is 0. The zero-order valence-electron chi connectivity index (χ0n) is 18.7. The van der Waals surface area contributed by atoms with Crippen LogP contribution in [-0.2, 0) is 9.59 Å². The van der Waals surface area contributed by atoms with Gasteiger partial charge in [-0.1, -0.05) is 53.0 Å². The third-order valence-corrected chi connectivity index (χ3v) is 9.07. The molecule has 0 aromatic rings. The van der Waals surface area contributed by atoms with Gasteiger partial charge in [0.15, 0.2) is 5.78 Å². The molecule has 0 aromatic heterocycles. The van der Waals surface area contributed by atoms with Crippen molar-refractivity contribution in [3.8, 4) is 0 Å². The van der Waals surface area contributed by atoms with Crippen LogP contribution in [0.3, 0.4) is 0 Å². The number of ketones is 1. The smallest absolute Gasteiger partial charge is 0.161 e. The van der Waals surface area contributed by atoms with Crippen molar-refractivity contribution in [2.45, 2.75) is 98.3 Å². The molecule has 0 aliphatic heterocycles. The van der Waals surface area contributed by atoms with Crippen molar-refractivity contribution >= 4 is 12.1 Å². The van der Waals surface area contributed by atoms with Crippen molar-refractivity contribution in [2.75, 3.05) is 0 Å². The van der Waals surface area contributed by atoms with E-state index in [-0.39, 0.29) is 5.41 Å². The SMILES string of the molecule is CC(C)CCCC[C@H]1CCC2C(CC=O)C([C@@]3(C)CCC=CC3=O)CCC21C. The maximum absolute atomic E-state index is 12.9. The molecule has 0 N–H and O–H groups in total. The van der Waals surface area contributed by atoms with Gasteiger partial charge in [-0.3, -0.25) is 4.79 Å². The van der Waals surface area contributed by atoms with Crippen LogP contribution < -0.4 is 0 Å². The molecule has 0 spiro atoms. The molecule has 0 saturated heterocycles. The Morgan fingerprint density at radius 2 is 1.89 bits per heavy atom. The van der Waals surface area contributed by atoms with Crippen LogP contribution >= 0.6 is 0 Å². The summed E-state index contributed by atoms with van der Waals surface area (Å²) in [6, 6.07) is 0. The van der Waals surface area contributed by atoms with Gasteiger partial charge in [-0.25, -0.2) is 0 Å². The van der Waals surface area contributed by atoms with Crippen LogP contribution in [0.4, 0.5) is 0 Å². The number of allylic oxidation sites excluding steroid dienone is 2. The Morgan fingerprint density at radius 1 is 1.11 bits per heavy atom. The predicted octanol–water partition coefficient (Wildman–Crippen LogP) is 6.78. The second kappa shape index (κ2) is 8.84. The minimum absolute atomic E-state index is 0.251. The maximum Gasteiger partial charge on any atom is 0.161 e. The fourth-order valence-electron chi connectivity index (χ4n) is 7.30. The molecule has 158 valence electrons. The first-order valence-corrected chi connectivity index (χ1v) is 12.0. The average molecular weight is 387 g/mol. The highest BCUT2D eigenvalue weighted by Gasteiger charge is 2.57. The van der Waals surface area contributed by atoms with Gasteiger partial charge in [-0.2, -0.15) is 0 Å². The van der Waals surface area contributed by atoms with E-state index in [0.29, 0.717) is 35.4 Å². The summed E-state index contributed by atoms with van der Waals surface area (Å²) in [5.41, 5.74) is 0.130. The Labute approximate surface area is 172 Å². The molecule has 2 fully saturated rings. The number of rotatable bonds is 8. The molecule has 0 amide bonds. The molecule has 0 heterocycles. The lowest BCUT2D eigenvalue weighted by molar-refractivity contribution is -0.135. The second-order valence-corrected chi connectivity index (χ2v) is 11.0. The lowest BCUT2D eigenvalue weighted by atomic mass is 9.50. The Hall–Kier alpha value is -0.920. The van der Waals surface area contributed by atoms with Gasteiger partial charge in [0.1, 0.15) is 6.29 Å². The topological polar surface area (TPSA) is 34.1 Å². The van der Waals surface area contributed by atoms with Crippen LogP contribution in [0, 0.1) is 40.4 Å². The van der Waals surface area contributed by atoms with Gasteiger partial charge < -0.3 is 4.79 Å². The van der Waals surface area contributed by atoms with Crippen LogP contribution in [0.5, 0.6) is 0 Å². The molecular weight excluding hydrogens is 344 g/mol. The van der Waals surface area contributed by atoms with Gasteiger partial charge in [0, 0.05) is 11.8 Å². The van der Waals surface area contributed by atoms with E-state index in [4.69, 9.17) is 0 Å². The number of carbonyl (C=O) groups excluding carboxylic acids is 2. The summed E-state index contributed by atoms with van der Waals surface area (Å²) < 4.78 is 0. The molecule has 0 bridgehead atoms. The molecule has 0 aromatic carbocycles. The predicted molar refractivity (Wildman–Crippen MR) is 116 cm³/mol. The van der Waals surface area contributed by atoms with E-state index in [1.165, 1.54) is 44.9 Å². The van der Waals surface area contributed by atoms with Crippen molar-refractivity contribution in [3.63, 3.8) is 0 Å². The monoisotopic (exact) mass is 386 g/mol. The molecular formula is C26H42O2. The number of carbonyl (C=O) groups is 2. The second-order valence-electron chi connectivity index (χ2n) is 11.0. The van der Waals surface area contributed by atoms with Crippen LogP contribution in [-0.4, -0.2) is 12.1 Å². The average Bonchev–Trinajstić information content (AvgIpc) is 2.98. The van der Waals surface area contributed by atoms with Crippen LogP contribution in [0.15, 0.2) is 12.2 Å². The van der Waals surface area contributed by atoms with Crippen LogP contribution in [0.25, 0.3) is 0 Å². The van der Waals surface area contributed by atoms with Crippen LogP contribution in [0.1, 0.15) is 98.3 Å². The standard InChI is InChI=1S/C26H42O2/c1-19(2)9-5-6-10-20-12-13-22-21(15-18-27)23(14-17-25(20,22)3)26(4)16-8-7-11-24(26)28/h7,11,18-23H,5-6,8-10,12-17H2,1-4H3/t20-,21?,22?,23?,25?,26+/m0/s1. The van der Waals surface area contributed by atoms with Gasteiger partial charge in [0.25, 0.3) is 0 Å².